The second-order valence-corrected chi connectivity index (χ2v) is 3.73. The van der Waals surface area contributed by atoms with Crippen LogP contribution in [0.25, 0.3) is 0 Å². The summed E-state index contributed by atoms with van der Waals surface area (Å²) in [5, 5.41) is 0. The van der Waals surface area contributed by atoms with Gasteiger partial charge in [-0.15, -0.1) is 0 Å². The first-order chi connectivity index (χ1) is 5.65. The van der Waals surface area contributed by atoms with Crippen molar-refractivity contribution < 1.29 is 4.79 Å². The van der Waals surface area contributed by atoms with E-state index in [-0.39, 0.29) is 5.91 Å². The van der Waals surface area contributed by atoms with Crippen molar-refractivity contribution in [2.24, 2.45) is 5.92 Å². The number of likely N-dealkylation sites (tertiary alicyclic amines) is 1. The third kappa shape index (κ3) is 1.87. The van der Waals surface area contributed by atoms with Gasteiger partial charge in [0.1, 0.15) is 0 Å². The zero-order chi connectivity index (χ0) is 9.14. The van der Waals surface area contributed by atoms with Gasteiger partial charge in [0.05, 0.1) is 0 Å². The number of rotatable bonds is 1. The Morgan fingerprint density at radius 2 is 2.17 bits per heavy atom. The molecule has 0 saturated carbocycles. The standard InChI is InChI=1S/C10H17NO/c1-4-10(12)11-7-8(2)5-6-9(11)3/h4,8-9H,1,5-7H2,2-3H3. The third-order valence-electron chi connectivity index (χ3n) is 2.58. The Morgan fingerprint density at radius 3 is 2.75 bits per heavy atom. The number of amides is 1. The summed E-state index contributed by atoms with van der Waals surface area (Å²) in [5.74, 6) is 0.721. The Bertz CT molecular complexity index is 188. The minimum absolute atomic E-state index is 0.0778. The Labute approximate surface area is 74.2 Å². The van der Waals surface area contributed by atoms with E-state index in [0.717, 1.165) is 13.0 Å². The lowest BCUT2D eigenvalue weighted by Crippen LogP contribution is -2.44. The summed E-state index contributed by atoms with van der Waals surface area (Å²) in [6, 6.07) is 0.395. The first kappa shape index (κ1) is 9.30. The lowest BCUT2D eigenvalue weighted by atomic mass is 9.95. The molecule has 0 aromatic carbocycles. The van der Waals surface area contributed by atoms with E-state index in [9.17, 15) is 4.79 Å². The van der Waals surface area contributed by atoms with Gasteiger partial charge in [-0.2, -0.15) is 0 Å². The molecule has 0 aliphatic carbocycles. The van der Waals surface area contributed by atoms with Crippen LogP contribution in [0.5, 0.6) is 0 Å². The van der Waals surface area contributed by atoms with Crippen molar-refractivity contribution >= 4 is 5.91 Å². The van der Waals surface area contributed by atoms with Gasteiger partial charge in [-0.05, 0) is 31.8 Å². The van der Waals surface area contributed by atoms with Crippen LogP contribution in [0.1, 0.15) is 26.7 Å². The molecule has 68 valence electrons. The maximum absolute atomic E-state index is 11.3. The highest BCUT2D eigenvalue weighted by Gasteiger charge is 2.24. The predicted molar refractivity (Wildman–Crippen MR) is 49.8 cm³/mol. The molecule has 1 saturated heterocycles. The molecule has 2 atom stereocenters. The van der Waals surface area contributed by atoms with Gasteiger partial charge in [0.15, 0.2) is 0 Å². The average Bonchev–Trinajstić information content (AvgIpc) is 2.08. The molecule has 1 heterocycles. The topological polar surface area (TPSA) is 20.3 Å². The van der Waals surface area contributed by atoms with Gasteiger partial charge in [-0.3, -0.25) is 4.79 Å². The minimum atomic E-state index is 0.0778. The Balaban J connectivity index is 2.60. The number of hydrogen-bond acceptors (Lipinski definition) is 1. The van der Waals surface area contributed by atoms with E-state index < -0.39 is 0 Å². The van der Waals surface area contributed by atoms with E-state index in [1.807, 2.05) is 4.90 Å². The first-order valence-corrected chi connectivity index (χ1v) is 4.58. The molecule has 2 nitrogen and oxygen atoms in total. The third-order valence-corrected chi connectivity index (χ3v) is 2.58. The van der Waals surface area contributed by atoms with Crippen LogP contribution < -0.4 is 0 Å². The molecule has 0 bridgehead atoms. The van der Waals surface area contributed by atoms with Crippen molar-refractivity contribution in [1.29, 1.82) is 0 Å². The molecule has 0 aromatic heterocycles. The molecule has 12 heavy (non-hydrogen) atoms. The lowest BCUT2D eigenvalue weighted by Gasteiger charge is -2.36. The summed E-state index contributed by atoms with van der Waals surface area (Å²) >= 11 is 0. The second-order valence-electron chi connectivity index (χ2n) is 3.73. The van der Waals surface area contributed by atoms with Gasteiger partial charge in [-0.25, -0.2) is 0 Å². The number of carbonyl (C=O) groups is 1. The van der Waals surface area contributed by atoms with Gasteiger partial charge in [0.2, 0.25) is 5.91 Å². The molecule has 2 unspecified atom stereocenters. The van der Waals surface area contributed by atoms with E-state index in [1.165, 1.54) is 12.5 Å². The summed E-state index contributed by atoms with van der Waals surface area (Å²) in [6.45, 7) is 8.69. The van der Waals surface area contributed by atoms with Crippen LogP contribution in [0.4, 0.5) is 0 Å². The number of nitrogens with zero attached hydrogens (tertiary/aromatic N) is 1. The van der Waals surface area contributed by atoms with Crippen molar-refractivity contribution in [3.63, 3.8) is 0 Å². The molecule has 1 rings (SSSR count). The molecule has 0 aromatic rings. The molecule has 1 aliphatic rings. The largest absolute Gasteiger partial charge is 0.336 e. The van der Waals surface area contributed by atoms with Gasteiger partial charge in [-0.1, -0.05) is 13.5 Å². The molecular weight excluding hydrogens is 150 g/mol. The summed E-state index contributed by atoms with van der Waals surface area (Å²) < 4.78 is 0. The highest BCUT2D eigenvalue weighted by Crippen LogP contribution is 2.21. The summed E-state index contributed by atoms with van der Waals surface area (Å²) in [6.07, 6.45) is 3.78. The zero-order valence-corrected chi connectivity index (χ0v) is 7.92. The average molecular weight is 167 g/mol. The highest BCUT2D eigenvalue weighted by molar-refractivity contribution is 5.87. The maximum Gasteiger partial charge on any atom is 0.246 e. The van der Waals surface area contributed by atoms with Gasteiger partial charge < -0.3 is 4.90 Å². The van der Waals surface area contributed by atoms with Crippen molar-refractivity contribution in [2.45, 2.75) is 32.7 Å². The quantitative estimate of drug-likeness (QED) is 0.545. The Kier molecular flexibility index (Phi) is 2.90. The number of piperidine rings is 1. The van der Waals surface area contributed by atoms with Gasteiger partial charge >= 0.3 is 0 Å². The summed E-state index contributed by atoms with van der Waals surface area (Å²) in [7, 11) is 0. The monoisotopic (exact) mass is 167 g/mol. The molecule has 1 fully saturated rings. The Hall–Kier alpha value is -0.790. The molecule has 1 amide bonds. The van der Waals surface area contributed by atoms with Crippen LogP contribution in [0.3, 0.4) is 0 Å². The van der Waals surface area contributed by atoms with Crippen LogP contribution in [0.15, 0.2) is 12.7 Å². The molecular formula is C10H17NO. The summed E-state index contributed by atoms with van der Waals surface area (Å²) in [5.41, 5.74) is 0. The minimum Gasteiger partial charge on any atom is -0.336 e. The fourth-order valence-corrected chi connectivity index (χ4v) is 1.71. The van der Waals surface area contributed by atoms with E-state index in [1.54, 1.807) is 0 Å². The summed E-state index contributed by atoms with van der Waals surface area (Å²) in [4.78, 5) is 13.2. The molecule has 1 aliphatic heterocycles. The van der Waals surface area contributed by atoms with Crippen molar-refractivity contribution in [1.82, 2.24) is 4.90 Å². The molecule has 0 N–H and O–H groups in total. The molecule has 0 spiro atoms. The van der Waals surface area contributed by atoms with E-state index >= 15 is 0 Å². The maximum atomic E-state index is 11.3. The van der Waals surface area contributed by atoms with Crippen molar-refractivity contribution in [3.8, 4) is 0 Å². The van der Waals surface area contributed by atoms with Crippen LogP contribution >= 0.6 is 0 Å². The normalized spacial score (nSPS) is 30.0. The van der Waals surface area contributed by atoms with E-state index in [2.05, 4.69) is 20.4 Å². The van der Waals surface area contributed by atoms with Gasteiger partial charge in [0.25, 0.3) is 0 Å². The second kappa shape index (κ2) is 3.74. The van der Waals surface area contributed by atoms with Crippen molar-refractivity contribution in [3.05, 3.63) is 12.7 Å². The van der Waals surface area contributed by atoms with E-state index in [4.69, 9.17) is 0 Å². The Morgan fingerprint density at radius 1 is 1.50 bits per heavy atom. The molecule has 0 radical (unpaired) electrons. The lowest BCUT2D eigenvalue weighted by molar-refractivity contribution is -0.130. The number of hydrogen-bond donors (Lipinski definition) is 0. The van der Waals surface area contributed by atoms with Crippen LogP contribution in [0.2, 0.25) is 0 Å². The van der Waals surface area contributed by atoms with Crippen LogP contribution in [0, 0.1) is 5.92 Å². The highest BCUT2D eigenvalue weighted by atomic mass is 16.2. The fourth-order valence-electron chi connectivity index (χ4n) is 1.71. The van der Waals surface area contributed by atoms with Gasteiger partial charge in [0, 0.05) is 12.6 Å². The van der Waals surface area contributed by atoms with Crippen LogP contribution in [-0.2, 0) is 4.79 Å². The zero-order valence-electron chi connectivity index (χ0n) is 7.92. The smallest absolute Gasteiger partial charge is 0.246 e. The van der Waals surface area contributed by atoms with Crippen molar-refractivity contribution in [2.75, 3.05) is 6.54 Å². The molecule has 2 heteroatoms. The van der Waals surface area contributed by atoms with Crippen LogP contribution in [-0.4, -0.2) is 23.4 Å². The van der Waals surface area contributed by atoms with E-state index in [0.29, 0.717) is 12.0 Å². The fraction of sp³-hybridized carbons (Fsp3) is 0.700. The number of carbonyl (C=O) groups excluding carboxylic acids is 1. The predicted octanol–water partition coefficient (Wildman–Crippen LogP) is 1.82. The first-order valence-electron chi connectivity index (χ1n) is 4.58. The SMILES string of the molecule is C=CC(=O)N1CC(C)CCC1C.